The summed E-state index contributed by atoms with van der Waals surface area (Å²) in [5.41, 5.74) is 2.75. The zero-order valence-electron chi connectivity index (χ0n) is 10.2. The highest BCUT2D eigenvalue weighted by molar-refractivity contribution is 6.30. The van der Waals surface area contributed by atoms with Crippen LogP contribution in [0, 0.1) is 13.8 Å². The lowest BCUT2D eigenvalue weighted by molar-refractivity contribution is 0.102. The lowest BCUT2D eigenvalue weighted by Gasteiger charge is -2.06. The molecule has 2 rings (SSSR count). The fourth-order valence-corrected chi connectivity index (χ4v) is 1.86. The van der Waals surface area contributed by atoms with Crippen LogP contribution in [-0.2, 0) is 0 Å². The lowest BCUT2D eigenvalue weighted by atomic mass is 10.1. The predicted molar refractivity (Wildman–Crippen MR) is 73.1 cm³/mol. The molecule has 1 aromatic carbocycles. The quantitative estimate of drug-likeness (QED) is 0.896. The van der Waals surface area contributed by atoms with E-state index in [4.69, 9.17) is 11.6 Å². The number of nitrogens with one attached hydrogen (secondary N) is 1. The molecular weight excluding hydrogens is 248 g/mol. The van der Waals surface area contributed by atoms with Gasteiger partial charge in [-0.15, -0.1) is 0 Å². The number of pyridine rings is 1. The average molecular weight is 261 g/mol. The minimum absolute atomic E-state index is 0.170. The van der Waals surface area contributed by atoms with Crippen molar-refractivity contribution in [2.45, 2.75) is 13.8 Å². The van der Waals surface area contributed by atoms with Crippen molar-refractivity contribution in [2.75, 3.05) is 5.32 Å². The molecule has 1 aromatic heterocycles. The molecule has 0 aliphatic heterocycles. The molecule has 3 nitrogen and oxygen atoms in total. The Hall–Kier alpha value is -1.87. The molecule has 0 saturated carbocycles. The smallest absolute Gasteiger partial charge is 0.256 e. The molecule has 0 aliphatic carbocycles. The van der Waals surface area contributed by atoms with Gasteiger partial charge in [-0.3, -0.25) is 4.79 Å². The molecule has 0 aliphatic rings. The van der Waals surface area contributed by atoms with E-state index in [0.717, 1.165) is 11.1 Å². The van der Waals surface area contributed by atoms with Gasteiger partial charge in [0.15, 0.2) is 0 Å². The molecule has 0 bridgehead atoms. The normalized spacial score (nSPS) is 10.2. The average Bonchev–Trinajstić information content (AvgIpc) is 2.31. The number of halogens is 1. The predicted octanol–water partition coefficient (Wildman–Crippen LogP) is 3.60. The van der Waals surface area contributed by atoms with E-state index < -0.39 is 0 Å². The summed E-state index contributed by atoms with van der Waals surface area (Å²) in [4.78, 5) is 16.0. The van der Waals surface area contributed by atoms with E-state index in [1.165, 1.54) is 6.20 Å². The number of benzene rings is 1. The van der Waals surface area contributed by atoms with Gasteiger partial charge in [-0.2, -0.15) is 0 Å². The van der Waals surface area contributed by atoms with E-state index >= 15 is 0 Å². The minimum atomic E-state index is -0.170. The van der Waals surface area contributed by atoms with Crippen LogP contribution in [0.25, 0.3) is 0 Å². The van der Waals surface area contributed by atoms with Gasteiger partial charge in [-0.25, -0.2) is 4.98 Å². The van der Waals surface area contributed by atoms with Gasteiger partial charge in [0.2, 0.25) is 0 Å². The first-order valence-electron chi connectivity index (χ1n) is 5.56. The van der Waals surface area contributed by atoms with Gasteiger partial charge >= 0.3 is 0 Å². The number of hydrogen-bond donors (Lipinski definition) is 1. The van der Waals surface area contributed by atoms with Crippen LogP contribution in [-0.4, -0.2) is 10.9 Å². The van der Waals surface area contributed by atoms with Gasteiger partial charge in [0.25, 0.3) is 5.91 Å². The molecule has 1 heterocycles. The van der Waals surface area contributed by atoms with Gasteiger partial charge in [-0.05, 0) is 38.1 Å². The zero-order chi connectivity index (χ0) is 13.1. The second-order valence-electron chi connectivity index (χ2n) is 4.19. The molecule has 18 heavy (non-hydrogen) atoms. The Morgan fingerprint density at radius 1 is 1.17 bits per heavy atom. The number of carbonyl (C=O) groups is 1. The molecule has 0 saturated heterocycles. The van der Waals surface area contributed by atoms with E-state index in [1.54, 1.807) is 12.1 Å². The first-order chi connectivity index (χ1) is 8.54. The number of aryl methyl sites for hydroxylation is 2. The number of hydrogen-bond acceptors (Lipinski definition) is 2. The monoisotopic (exact) mass is 260 g/mol. The summed E-state index contributed by atoms with van der Waals surface area (Å²) >= 11 is 5.73. The van der Waals surface area contributed by atoms with Crippen molar-refractivity contribution in [2.24, 2.45) is 0 Å². The molecule has 0 unspecified atom stereocenters. The number of nitrogens with zero attached hydrogens (tertiary/aromatic N) is 1. The third-order valence-electron chi connectivity index (χ3n) is 2.45. The highest BCUT2D eigenvalue weighted by Crippen LogP contribution is 2.13. The van der Waals surface area contributed by atoms with Crippen LogP contribution in [0.3, 0.4) is 0 Å². The Morgan fingerprint density at radius 3 is 2.39 bits per heavy atom. The largest absolute Gasteiger partial charge is 0.307 e. The topological polar surface area (TPSA) is 42.0 Å². The van der Waals surface area contributed by atoms with Crippen LogP contribution in [0.5, 0.6) is 0 Å². The van der Waals surface area contributed by atoms with Crippen LogP contribution in [0.2, 0.25) is 5.02 Å². The highest BCUT2D eigenvalue weighted by Gasteiger charge is 2.07. The summed E-state index contributed by atoms with van der Waals surface area (Å²) < 4.78 is 0. The number of amides is 1. The second-order valence-corrected chi connectivity index (χ2v) is 4.63. The van der Waals surface area contributed by atoms with E-state index in [-0.39, 0.29) is 5.91 Å². The number of carbonyl (C=O) groups excluding carboxylic acids is 1. The minimum Gasteiger partial charge on any atom is -0.307 e. The molecule has 2 aromatic rings. The third kappa shape index (κ3) is 3.08. The van der Waals surface area contributed by atoms with Crippen molar-refractivity contribution in [3.8, 4) is 0 Å². The SMILES string of the molecule is Cc1cc(C)cc(C(=O)Nc2ccc(Cl)cn2)c1. The van der Waals surface area contributed by atoms with Gasteiger partial charge in [0.1, 0.15) is 5.82 Å². The zero-order valence-corrected chi connectivity index (χ0v) is 11.0. The van der Waals surface area contributed by atoms with Crippen molar-refractivity contribution >= 4 is 23.3 Å². The second kappa shape index (κ2) is 5.19. The van der Waals surface area contributed by atoms with Crippen LogP contribution in [0.1, 0.15) is 21.5 Å². The van der Waals surface area contributed by atoms with Crippen molar-refractivity contribution in [1.29, 1.82) is 0 Å². The Morgan fingerprint density at radius 2 is 1.83 bits per heavy atom. The Labute approximate surface area is 111 Å². The number of aromatic nitrogens is 1. The Kier molecular flexibility index (Phi) is 3.63. The fourth-order valence-electron chi connectivity index (χ4n) is 1.74. The maximum absolute atomic E-state index is 12.0. The van der Waals surface area contributed by atoms with Crippen molar-refractivity contribution in [3.05, 3.63) is 58.2 Å². The molecule has 4 heteroatoms. The van der Waals surface area contributed by atoms with E-state index in [9.17, 15) is 4.79 Å². The van der Waals surface area contributed by atoms with Crippen molar-refractivity contribution in [1.82, 2.24) is 4.98 Å². The van der Waals surface area contributed by atoms with Gasteiger partial charge < -0.3 is 5.32 Å². The molecule has 0 fully saturated rings. The van der Waals surface area contributed by atoms with Crippen molar-refractivity contribution in [3.63, 3.8) is 0 Å². The van der Waals surface area contributed by atoms with E-state index in [1.807, 2.05) is 32.0 Å². The molecule has 0 atom stereocenters. The van der Waals surface area contributed by atoms with Crippen LogP contribution in [0.4, 0.5) is 5.82 Å². The van der Waals surface area contributed by atoms with Gasteiger partial charge in [0, 0.05) is 11.8 Å². The molecule has 1 N–H and O–H groups in total. The summed E-state index contributed by atoms with van der Waals surface area (Å²) in [7, 11) is 0. The highest BCUT2D eigenvalue weighted by atomic mass is 35.5. The van der Waals surface area contributed by atoms with Gasteiger partial charge in [-0.1, -0.05) is 28.8 Å². The Balaban J connectivity index is 2.19. The first kappa shape index (κ1) is 12.6. The summed E-state index contributed by atoms with van der Waals surface area (Å²) in [5.74, 6) is 0.320. The van der Waals surface area contributed by atoms with Crippen LogP contribution in [0.15, 0.2) is 36.5 Å². The number of anilines is 1. The first-order valence-corrected chi connectivity index (χ1v) is 5.93. The molecule has 92 valence electrons. The Bertz CT molecular complexity index is 559. The summed E-state index contributed by atoms with van der Waals surface area (Å²) in [6.45, 7) is 3.93. The van der Waals surface area contributed by atoms with E-state index in [0.29, 0.717) is 16.4 Å². The maximum Gasteiger partial charge on any atom is 0.256 e. The van der Waals surface area contributed by atoms with Crippen LogP contribution < -0.4 is 5.32 Å². The summed E-state index contributed by atoms with van der Waals surface area (Å²) in [6.07, 6.45) is 1.50. The third-order valence-corrected chi connectivity index (χ3v) is 2.68. The van der Waals surface area contributed by atoms with Crippen LogP contribution >= 0.6 is 11.6 Å². The lowest BCUT2D eigenvalue weighted by Crippen LogP contribution is -2.13. The van der Waals surface area contributed by atoms with E-state index in [2.05, 4.69) is 10.3 Å². The standard InChI is InChI=1S/C14H13ClN2O/c1-9-5-10(2)7-11(6-9)14(18)17-13-4-3-12(15)8-16-13/h3-8H,1-2H3,(H,16,17,18). The summed E-state index contributed by atoms with van der Waals surface area (Å²) in [5, 5.41) is 3.27. The molecule has 1 amide bonds. The fraction of sp³-hybridized carbons (Fsp3) is 0.143. The molecular formula is C14H13ClN2O. The van der Waals surface area contributed by atoms with Crippen molar-refractivity contribution < 1.29 is 4.79 Å². The summed E-state index contributed by atoms with van der Waals surface area (Å²) in [6, 6.07) is 9.07. The van der Waals surface area contributed by atoms with Gasteiger partial charge in [0.05, 0.1) is 5.02 Å². The molecule has 0 radical (unpaired) electrons. The molecule has 0 spiro atoms. The maximum atomic E-state index is 12.0. The number of rotatable bonds is 2.